The maximum Gasteiger partial charge on any atom is 0.317 e. The molecule has 1 saturated heterocycles. The molecule has 7 nitrogen and oxygen atoms in total. The zero-order valence-electron chi connectivity index (χ0n) is 15.3. The minimum Gasteiger partial charge on any atom is -0.338 e. The van der Waals surface area contributed by atoms with E-state index < -0.39 is 10.0 Å². The van der Waals surface area contributed by atoms with E-state index in [2.05, 4.69) is 10.3 Å². The molecule has 27 heavy (non-hydrogen) atoms. The first kappa shape index (κ1) is 19.3. The van der Waals surface area contributed by atoms with Crippen LogP contribution in [-0.4, -0.2) is 60.6 Å². The second-order valence-electron chi connectivity index (χ2n) is 6.70. The van der Waals surface area contributed by atoms with Crippen LogP contribution in [0.4, 0.5) is 4.79 Å². The molecule has 2 amide bonds. The number of sulfonamides is 1. The first-order valence-electron chi connectivity index (χ1n) is 8.86. The lowest BCUT2D eigenvalue weighted by Gasteiger charge is -2.44. The fourth-order valence-corrected chi connectivity index (χ4v) is 4.12. The van der Waals surface area contributed by atoms with Crippen LogP contribution in [-0.2, 0) is 23.0 Å². The lowest BCUT2D eigenvalue weighted by molar-refractivity contribution is 0.0986. The number of urea groups is 1. The molecule has 144 valence electrons. The summed E-state index contributed by atoms with van der Waals surface area (Å²) in [6.45, 7) is 1.60. The summed E-state index contributed by atoms with van der Waals surface area (Å²) in [4.78, 5) is 17.9. The van der Waals surface area contributed by atoms with Crippen LogP contribution in [0.5, 0.6) is 0 Å². The van der Waals surface area contributed by atoms with Crippen molar-refractivity contribution < 1.29 is 13.2 Å². The standard InChI is InChI=1S/C19H24N4O3S/c1-27(25,26)23(13-17-8-5-10-20-12-17)18-14-22(15-18)19(24)21-11-9-16-6-3-2-4-7-16/h2-8,10,12,18H,9,11,13-15H2,1H3,(H,21,24). The van der Waals surface area contributed by atoms with Gasteiger partial charge >= 0.3 is 6.03 Å². The number of pyridine rings is 1. The molecule has 0 spiro atoms. The lowest BCUT2D eigenvalue weighted by Crippen LogP contribution is -2.63. The van der Waals surface area contributed by atoms with Gasteiger partial charge in [-0.05, 0) is 23.6 Å². The summed E-state index contributed by atoms with van der Waals surface area (Å²) in [7, 11) is -3.38. The molecule has 1 aromatic heterocycles. The summed E-state index contributed by atoms with van der Waals surface area (Å²) >= 11 is 0. The Balaban J connectivity index is 1.49. The van der Waals surface area contributed by atoms with Crippen LogP contribution in [0.1, 0.15) is 11.1 Å². The molecule has 2 aromatic rings. The number of carbonyl (C=O) groups excluding carboxylic acids is 1. The number of likely N-dealkylation sites (tertiary alicyclic amines) is 1. The number of hydrogen-bond donors (Lipinski definition) is 1. The van der Waals surface area contributed by atoms with Gasteiger partial charge in [0, 0.05) is 38.6 Å². The smallest absolute Gasteiger partial charge is 0.317 e. The Labute approximate surface area is 160 Å². The number of benzene rings is 1. The van der Waals surface area contributed by atoms with Crippen molar-refractivity contribution in [2.24, 2.45) is 0 Å². The van der Waals surface area contributed by atoms with E-state index in [1.165, 1.54) is 16.1 Å². The molecule has 3 rings (SSSR count). The van der Waals surface area contributed by atoms with Crippen molar-refractivity contribution in [1.29, 1.82) is 0 Å². The monoisotopic (exact) mass is 388 g/mol. The Kier molecular flexibility index (Phi) is 6.08. The predicted octanol–water partition coefficient (Wildman–Crippen LogP) is 1.48. The number of aromatic nitrogens is 1. The summed E-state index contributed by atoms with van der Waals surface area (Å²) < 4.78 is 25.8. The topological polar surface area (TPSA) is 82.6 Å². The number of amides is 2. The van der Waals surface area contributed by atoms with Gasteiger partial charge in [0.05, 0.1) is 12.3 Å². The number of nitrogens with zero attached hydrogens (tertiary/aromatic N) is 3. The van der Waals surface area contributed by atoms with Gasteiger partial charge in [0.2, 0.25) is 10.0 Å². The molecular formula is C19H24N4O3S. The van der Waals surface area contributed by atoms with Crippen molar-refractivity contribution in [2.75, 3.05) is 25.9 Å². The molecule has 0 radical (unpaired) electrons. The average Bonchev–Trinajstić information content (AvgIpc) is 2.61. The largest absolute Gasteiger partial charge is 0.338 e. The van der Waals surface area contributed by atoms with Gasteiger partial charge < -0.3 is 10.2 Å². The minimum absolute atomic E-state index is 0.156. The predicted molar refractivity (Wildman–Crippen MR) is 104 cm³/mol. The van der Waals surface area contributed by atoms with Gasteiger partial charge in [-0.15, -0.1) is 0 Å². The van der Waals surface area contributed by atoms with E-state index in [1.54, 1.807) is 23.4 Å². The molecular weight excluding hydrogens is 364 g/mol. The van der Waals surface area contributed by atoms with Gasteiger partial charge in [-0.2, -0.15) is 4.31 Å². The fourth-order valence-electron chi connectivity index (χ4n) is 3.06. The SMILES string of the molecule is CS(=O)(=O)N(Cc1cccnc1)C1CN(C(=O)NCCc2ccccc2)C1. The minimum atomic E-state index is -3.38. The van der Waals surface area contributed by atoms with Gasteiger partial charge in [-0.3, -0.25) is 4.98 Å². The molecule has 0 atom stereocenters. The van der Waals surface area contributed by atoms with E-state index in [4.69, 9.17) is 0 Å². The molecule has 8 heteroatoms. The number of hydrogen-bond acceptors (Lipinski definition) is 4. The molecule has 0 aliphatic carbocycles. The van der Waals surface area contributed by atoms with Crippen LogP contribution in [0.25, 0.3) is 0 Å². The Morgan fingerprint density at radius 3 is 2.52 bits per heavy atom. The molecule has 0 saturated carbocycles. The summed E-state index contributed by atoms with van der Waals surface area (Å²) in [6.07, 6.45) is 5.27. The summed E-state index contributed by atoms with van der Waals surface area (Å²) in [5.41, 5.74) is 1.99. The van der Waals surface area contributed by atoms with E-state index in [0.717, 1.165) is 12.0 Å². The van der Waals surface area contributed by atoms with Crippen molar-refractivity contribution in [2.45, 2.75) is 19.0 Å². The van der Waals surface area contributed by atoms with Crippen molar-refractivity contribution in [3.63, 3.8) is 0 Å². The molecule has 1 N–H and O–H groups in total. The van der Waals surface area contributed by atoms with Crippen molar-refractivity contribution >= 4 is 16.1 Å². The van der Waals surface area contributed by atoms with Crippen molar-refractivity contribution in [1.82, 2.24) is 19.5 Å². The van der Waals surface area contributed by atoms with E-state index in [1.807, 2.05) is 36.4 Å². The quantitative estimate of drug-likeness (QED) is 0.779. The Morgan fingerprint density at radius 1 is 1.19 bits per heavy atom. The summed E-state index contributed by atoms with van der Waals surface area (Å²) in [6, 6.07) is 13.2. The highest BCUT2D eigenvalue weighted by Crippen LogP contribution is 2.20. The summed E-state index contributed by atoms with van der Waals surface area (Å²) in [5.74, 6) is 0. The third-order valence-electron chi connectivity index (χ3n) is 4.58. The van der Waals surface area contributed by atoms with Gasteiger partial charge in [0.1, 0.15) is 0 Å². The van der Waals surface area contributed by atoms with Gasteiger partial charge in [-0.1, -0.05) is 36.4 Å². The lowest BCUT2D eigenvalue weighted by atomic mass is 10.1. The second-order valence-corrected chi connectivity index (χ2v) is 8.63. The maximum absolute atomic E-state index is 12.2. The zero-order chi connectivity index (χ0) is 19.3. The molecule has 0 bridgehead atoms. The van der Waals surface area contributed by atoms with E-state index in [9.17, 15) is 13.2 Å². The molecule has 1 aliphatic heterocycles. The van der Waals surface area contributed by atoms with Gasteiger partial charge in [0.25, 0.3) is 0 Å². The number of rotatable bonds is 7. The third kappa shape index (κ3) is 5.27. The van der Waals surface area contributed by atoms with Gasteiger partial charge in [0.15, 0.2) is 0 Å². The van der Waals surface area contributed by atoms with Gasteiger partial charge in [-0.25, -0.2) is 13.2 Å². The van der Waals surface area contributed by atoms with Crippen LogP contribution in [0, 0.1) is 0 Å². The highest BCUT2D eigenvalue weighted by molar-refractivity contribution is 7.88. The van der Waals surface area contributed by atoms with Crippen LogP contribution in [0.3, 0.4) is 0 Å². The Morgan fingerprint density at radius 2 is 1.89 bits per heavy atom. The number of nitrogens with one attached hydrogen (secondary N) is 1. The van der Waals surface area contributed by atoms with E-state index in [0.29, 0.717) is 19.6 Å². The van der Waals surface area contributed by atoms with E-state index in [-0.39, 0.29) is 18.6 Å². The Hall–Kier alpha value is -2.45. The first-order chi connectivity index (χ1) is 12.9. The molecule has 1 fully saturated rings. The molecule has 1 aliphatic rings. The summed E-state index contributed by atoms with van der Waals surface area (Å²) in [5, 5.41) is 2.89. The normalized spacial score (nSPS) is 14.8. The maximum atomic E-state index is 12.2. The van der Waals surface area contributed by atoms with Crippen LogP contribution in [0.15, 0.2) is 54.9 Å². The molecule has 1 aromatic carbocycles. The second kappa shape index (κ2) is 8.49. The van der Waals surface area contributed by atoms with Crippen LogP contribution < -0.4 is 5.32 Å². The van der Waals surface area contributed by atoms with Crippen molar-refractivity contribution in [3.8, 4) is 0 Å². The van der Waals surface area contributed by atoms with Crippen LogP contribution in [0.2, 0.25) is 0 Å². The molecule has 2 heterocycles. The average molecular weight is 388 g/mol. The Bertz CT molecular complexity index is 853. The van der Waals surface area contributed by atoms with E-state index >= 15 is 0 Å². The zero-order valence-corrected chi connectivity index (χ0v) is 16.1. The first-order valence-corrected chi connectivity index (χ1v) is 10.7. The highest BCUT2D eigenvalue weighted by atomic mass is 32.2. The van der Waals surface area contributed by atoms with Crippen molar-refractivity contribution in [3.05, 3.63) is 66.0 Å². The molecule has 0 unspecified atom stereocenters. The number of carbonyl (C=O) groups is 1. The fraction of sp³-hybridized carbons (Fsp3) is 0.368. The highest BCUT2D eigenvalue weighted by Gasteiger charge is 2.38. The van der Waals surface area contributed by atoms with Crippen LogP contribution >= 0.6 is 0 Å². The third-order valence-corrected chi connectivity index (χ3v) is 5.86.